The topological polar surface area (TPSA) is 62.9 Å². The van der Waals surface area contributed by atoms with Crippen LogP contribution >= 0.6 is 12.2 Å². The molecule has 3 N–H and O–H groups in total. The zero-order valence-corrected chi connectivity index (χ0v) is 10.5. The van der Waals surface area contributed by atoms with Gasteiger partial charge in [0.05, 0.1) is 0 Å². The summed E-state index contributed by atoms with van der Waals surface area (Å²) >= 11 is 5.19. The number of rotatable bonds is 3. The summed E-state index contributed by atoms with van der Waals surface area (Å²) in [6.45, 7) is 5.67. The molecule has 6 heteroatoms. The van der Waals surface area contributed by atoms with E-state index in [1.807, 2.05) is 4.57 Å². The minimum absolute atomic E-state index is 0.416. The number of nitrogens with zero attached hydrogens (tertiary/aromatic N) is 3. The summed E-state index contributed by atoms with van der Waals surface area (Å²) in [5.41, 5.74) is 5.81. The van der Waals surface area contributed by atoms with Crippen molar-refractivity contribution in [1.82, 2.24) is 19.7 Å². The van der Waals surface area contributed by atoms with E-state index >= 15 is 0 Å². The lowest BCUT2D eigenvalue weighted by Crippen LogP contribution is -2.35. The van der Waals surface area contributed by atoms with Crippen LogP contribution in [0.15, 0.2) is 0 Å². The Morgan fingerprint density at radius 3 is 2.69 bits per heavy atom. The van der Waals surface area contributed by atoms with E-state index in [-0.39, 0.29) is 0 Å². The molecule has 1 aromatic heterocycles. The van der Waals surface area contributed by atoms with E-state index < -0.39 is 0 Å². The van der Waals surface area contributed by atoms with Crippen LogP contribution in [-0.2, 0) is 0 Å². The van der Waals surface area contributed by atoms with Crippen molar-refractivity contribution in [3.8, 4) is 0 Å². The third kappa shape index (κ3) is 2.27. The molecule has 16 heavy (non-hydrogen) atoms. The molecule has 0 spiro atoms. The van der Waals surface area contributed by atoms with E-state index in [1.165, 1.54) is 13.0 Å². The Morgan fingerprint density at radius 1 is 1.50 bits per heavy atom. The van der Waals surface area contributed by atoms with Gasteiger partial charge < -0.3 is 10.6 Å². The molecule has 2 rings (SSSR count). The summed E-state index contributed by atoms with van der Waals surface area (Å²) in [6.07, 6.45) is 3.44. The molecule has 5 nitrogen and oxygen atoms in total. The van der Waals surface area contributed by atoms with Gasteiger partial charge in [0.1, 0.15) is 0 Å². The normalized spacial score (nSPS) is 19.1. The molecule has 2 heterocycles. The van der Waals surface area contributed by atoms with Gasteiger partial charge in [0.25, 0.3) is 0 Å². The van der Waals surface area contributed by atoms with Crippen molar-refractivity contribution in [3.63, 3.8) is 0 Å². The van der Waals surface area contributed by atoms with Gasteiger partial charge in [-0.15, -0.1) is 5.10 Å². The highest BCUT2D eigenvalue weighted by molar-refractivity contribution is 7.71. The van der Waals surface area contributed by atoms with E-state index in [4.69, 9.17) is 18.0 Å². The van der Waals surface area contributed by atoms with Gasteiger partial charge in [-0.05, 0) is 38.0 Å². The van der Waals surface area contributed by atoms with Crippen LogP contribution in [0.3, 0.4) is 0 Å². The number of aromatic nitrogens is 3. The first-order valence-electron chi connectivity index (χ1n) is 5.87. The van der Waals surface area contributed by atoms with Crippen molar-refractivity contribution in [2.45, 2.75) is 32.2 Å². The number of piperidine rings is 1. The third-order valence-electron chi connectivity index (χ3n) is 3.19. The molecule has 0 atom stereocenters. The number of aromatic amines is 1. The lowest BCUT2D eigenvalue weighted by Gasteiger charge is -2.32. The zero-order chi connectivity index (χ0) is 11.5. The van der Waals surface area contributed by atoms with Gasteiger partial charge in [0, 0.05) is 19.1 Å². The minimum Gasteiger partial charge on any atom is -0.368 e. The van der Waals surface area contributed by atoms with Gasteiger partial charge in [-0.1, -0.05) is 6.92 Å². The summed E-state index contributed by atoms with van der Waals surface area (Å²) in [5.74, 6) is 0.513. The van der Waals surface area contributed by atoms with Crippen LogP contribution in [0.4, 0.5) is 5.95 Å². The summed E-state index contributed by atoms with van der Waals surface area (Å²) < 4.78 is 2.60. The summed E-state index contributed by atoms with van der Waals surface area (Å²) in [4.78, 5) is 2.50. The first kappa shape index (κ1) is 11.6. The molecule has 1 saturated heterocycles. The number of anilines is 1. The Hall–Kier alpha value is -0.880. The van der Waals surface area contributed by atoms with Crippen LogP contribution in [0, 0.1) is 4.77 Å². The second-order valence-corrected chi connectivity index (χ2v) is 4.72. The number of likely N-dealkylation sites (tertiary alicyclic amines) is 1. The second kappa shape index (κ2) is 4.97. The standard InChI is InChI=1S/C10H19N5S/c1-2-5-14-6-3-8(4-7-14)15-9(11)12-13-10(15)16/h8H,2-7H2,1H3,(H2,11,12)(H,13,16). The van der Waals surface area contributed by atoms with Gasteiger partial charge in [0.15, 0.2) is 4.77 Å². The Bertz CT molecular complexity index is 388. The van der Waals surface area contributed by atoms with Crippen LogP contribution in [0.2, 0.25) is 0 Å². The van der Waals surface area contributed by atoms with Crippen molar-refractivity contribution in [2.75, 3.05) is 25.4 Å². The summed E-state index contributed by atoms with van der Waals surface area (Å²) in [7, 11) is 0. The minimum atomic E-state index is 0.416. The van der Waals surface area contributed by atoms with Crippen LogP contribution in [-0.4, -0.2) is 39.3 Å². The molecule has 0 radical (unpaired) electrons. The first-order valence-corrected chi connectivity index (χ1v) is 6.28. The first-order chi connectivity index (χ1) is 7.72. The second-order valence-electron chi connectivity index (χ2n) is 4.33. The summed E-state index contributed by atoms with van der Waals surface area (Å²) in [5, 5.41) is 6.70. The molecule has 0 unspecified atom stereocenters. The fraction of sp³-hybridized carbons (Fsp3) is 0.800. The molecule has 0 aromatic carbocycles. The maximum Gasteiger partial charge on any atom is 0.220 e. The number of nitrogens with two attached hydrogens (primary N) is 1. The Kier molecular flexibility index (Phi) is 3.60. The molecular formula is C10H19N5S. The van der Waals surface area contributed by atoms with Crippen molar-refractivity contribution >= 4 is 18.2 Å². The van der Waals surface area contributed by atoms with E-state index in [9.17, 15) is 0 Å². The monoisotopic (exact) mass is 241 g/mol. The van der Waals surface area contributed by atoms with Crippen LogP contribution < -0.4 is 5.73 Å². The van der Waals surface area contributed by atoms with Crippen molar-refractivity contribution in [3.05, 3.63) is 4.77 Å². The number of H-pyrrole nitrogens is 1. The van der Waals surface area contributed by atoms with Gasteiger partial charge in [-0.2, -0.15) is 0 Å². The summed E-state index contributed by atoms with van der Waals surface area (Å²) in [6, 6.07) is 0.416. The number of hydrogen-bond acceptors (Lipinski definition) is 4. The predicted octanol–water partition coefficient (Wildman–Crippen LogP) is 1.57. The van der Waals surface area contributed by atoms with Crippen LogP contribution in [0.25, 0.3) is 0 Å². The molecule has 0 aliphatic carbocycles. The van der Waals surface area contributed by atoms with Gasteiger partial charge in [-0.25, -0.2) is 5.10 Å². The average Bonchev–Trinajstić information content (AvgIpc) is 2.61. The molecule has 0 saturated carbocycles. The Morgan fingerprint density at radius 2 is 2.19 bits per heavy atom. The average molecular weight is 241 g/mol. The van der Waals surface area contributed by atoms with E-state index in [2.05, 4.69) is 22.0 Å². The van der Waals surface area contributed by atoms with Crippen LogP contribution in [0.1, 0.15) is 32.2 Å². The van der Waals surface area contributed by atoms with Gasteiger partial charge >= 0.3 is 0 Å². The third-order valence-corrected chi connectivity index (χ3v) is 3.48. The molecule has 1 aliphatic rings. The maximum absolute atomic E-state index is 5.81. The molecule has 1 aliphatic heterocycles. The number of nitrogen functional groups attached to an aromatic ring is 1. The SMILES string of the molecule is CCCN1CCC(n2c(N)n[nH]c2=S)CC1. The predicted molar refractivity (Wildman–Crippen MR) is 66.8 cm³/mol. The van der Waals surface area contributed by atoms with E-state index in [0.717, 1.165) is 25.9 Å². The number of hydrogen-bond donors (Lipinski definition) is 2. The van der Waals surface area contributed by atoms with Gasteiger partial charge in [-0.3, -0.25) is 4.57 Å². The molecule has 1 aromatic rings. The quantitative estimate of drug-likeness (QED) is 0.789. The largest absolute Gasteiger partial charge is 0.368 e. The molecule has 90 valence electrons. The lowest BCUT2D eigenvalue weighted by molar-refractivity contribution is 0.187. The van der Waals surface area contributed by atoms with Crippen molar-refractivity contribution < 1.29 is 0 Å². The smallest absolute Gasteiger partial charge is 0.220 e. The highest BCUT2D eigenvalue weighted by Crippen LogP contribution is 2.24. The Balaban J connectivity index is 2.02. The molecule has 1 fully saturated rings. The number of nitrogens with one attached hydrogen (secondary N) is 1. The van der Waals surface area contributed by atoms with E-state index in [1.54, 1.807) is 0 Å². The fourth-order valence-corrected chi connectivity index (χ4v) is 2.68. The highest BCUT2D eigenvalue weighted by Gasteiger charge is 2.22. The zero-order valence-electron chi connectivity index (χ0n) is 9.65. The highest BCUT2D eigenvalue weighted by atomic mass is 32.1. The Labute approximate surface area is 101 Å². The fourth-order valence-electron chi connectivity index (χ4n) is 2.39. The van der Waals surface area contributed by atoms with Crippen molar-refractivity contribution in [1.29, 1.82) is 0 Å². The molecule has 0 bridgehead atoms. The van der Waals surface area contributed by atoms with E-state index in [0.29, 0.717) is 16.8 Å². The molecule has 0 amide bonds. The van der Waals surface area contributed by atoms with Gasteiger partial charge in [0.2, 0.25) is 5.95 Å². The van der Waals surface area contributed by atoms with Crippen molar-refractivity contribution in [2.24, 2.45) is 0 Å². The molecular weight excluding hydrogens is 222 g/mol. The van der Waals surface area contributed by atoms with Crippen LogP contribution in [0.5, 0.6) is 0 Å². The lowest BCUT2D eigenvalue weighted by atomic mass is 10.0. The maximum atomic E-state index is 5.81.